The molecule has 3 aromatic heterocycles. The molecule has 0 fully saturated rings. The molecule has 3 aromatic rings. The summed E-state index contributed by atoms with van der Waals surface area (Å²) < 4.78 is 23.9. The third-order valence-corrected chi connectivity index (χ3v) is 3.11. The van der Waals surface area contributed by atoms with Gasteiger partial charge in [-0.3, -0.25) is 4.98 Å². The zero-order chi connectivity index (χ0) is 16.2. The Morgan fingerprint density at radius 1 is 1.22 bits per heavy atom. The maximum atomic E-state index is 13.1. The van der Waals surface area contributed by atoms with Crippen LogP contribution in [-0.2, 0) is 6.61 Å². The normalized spacial score (nSPS) is 12.1. The van der Waals surface area contributed by atoms with E-state index in [0.717, 1.165) is 11.3 Å². The lowest BCUT2D eigenvalue weighted by Crippen LogP contribution is -1.99. The summed E-state index contributed by atoms with van der Waals surface area (Å²) in [6, 6.07) is 7.31. The van der Waals surface area contributed by atoms with Crippen LogP contribution in [0.4, 0.5) is 4.39 Å². The van der Waals surface area contributed by atoms with E-state index in [2.05, 4.69) is 20.2 Å². The first-order chi connectivity index (χ1) is 11.1. The third-order valence-electron chi connectivity index (χ3n) is 3.11. The smallest absolute Gasteiger partial charge is 0.250 e. The second kappa shape index (κ2) is 6.51. The van der Waals surface area contributed by atoms with Crippen molar-refractivity contribution in [2.45, 2.75) is 26.6 Å². The van der Waals surface area contributed by atoms with E-state index >= 15 is 0 Å². The summed E-state index contributed by atoms with van der Waals surface area (Å²) in [5.41, 5.74) is 2.44. The van der Waals surface area contributed by atoms with Crippen molar-refractivity contribution in [1.82, 2.24) is 20.2 Å². The molecule has 6 nitrogen and oxygen atoms in total. The van der Waals surface area contributed by atoms with Crippen LogP contribution in [0, 0.1) is 6.92 Å². The average Bonchev–Trinajstić information content (AvgIpc) is 3.04. The first-order valence-electron chi connectivity index (χ1n) is 7.10. The van der Waals surface area contributed by atoms with Crippen molar-refractivity contribution < 1.29 is 13.5 Å². The summed E-state index contributed by atoms with van der Waals surface area (Å²) in [4.78, 5) is 8.39. The average molecular weight is 314 g/mol. The van der Waals surface area contributed by atoms with Crippen molar-refractivity contribution >= 4 is 0 Å². The minimum absolute atomic E-state index is 0.0436. The number of alkyl halides is 1. The fraction of sp³-hybridized carbons (Fsp3) is 0.250. The number of halogens is 1. The highest BCUT2D eigenvalue weighted by molar-refractivity contribution is 5.50. The second-order valence-corrected chi connectivity index (χ2v) is 5.06. The summed E-state index contributed by atoms with van der Waals surface area (Å²) >= 11 is 0. The molecule has 0 aliphatic carbocycles. The number of rotatable bonds is 5. The largest absolute Gasteiger partial charge is 0.471 e. The summed E-state index contributed by atoms with van der Waals surface area (Å²) in [7, 11) is 0. The van der Waals surface area contributed by atoms with Crippen molar-refractivity contribution in [3.8, 4) is 17.3 Å². The minimum Gasteiger partial charge on any atom is -0.471 e. The number of aryl methyl sites for hydroxylation is 1. The summed E-state index contributed by atoms with van der Waals surface area (Å²) in [5, 5.41) is 7.45. The number of aromatic nitrogens is 4. The van der Waals surface area contributed by atoms with E-state index in [-0.39, 0.29) is 11.8 Å². The molecule has 0 saturated carbocycles. The van der Waals surface area contributed by atoms with E-state index in [0.29, 0.717) is 18.1 Å². The van der Waals surface area contributed by atoms with Crippen LogP contribution >= 0.6 is 0 Å². The lowest BCUT2D eigenvalue weighted by molar-refractivity contribution is 0.289. The predicted octanol–water partition coefficient (Wildman–Crippen LogP) is 3.44. The fourth-order valence-corrected chi connectivity index (χ4v) is 1.88. The second-order valence-electron chi connectivity index (χ2n) is 5.06. The number of hydrogen-bond acceptors (Lipinski definition) is 6. The van der Waals surface area contributed by atoms with E-state index in [9.17, 15) is 4.39 Å². The molecule has 23 heavy (non-hydrogen) atoms. The SMILES string of the molecule is Cc1ccnc(OCc2ccc(-c3nnc(C(C)F)o3)cn2)c1. The maximum absolute atomic E-state index is 13.1. The zero-order valence-electron chi connectivity index (χ0n) is 12.7. The molecule has 0 bridgehead atoms. The molecule has 118 valence electrons. The number of hydrogen-bond donors (Lipinski definition) is 0. The molecule has 0 saturated heterocycles. The van der Waals surface area contributed by atoms with Crippen LogP contribution in [0.5, 0.6) is 5.88 Å². The highest BCUT2D eigenvalue weighted by Gasteiger charge is 2.14. The molecule has 1 unspecified atom stereocenters. The van der Waals surface area contributed by atoms with Gasteiger partial charge in [-0.05, 0) is 37.6 Å². The minimum atomic E-state index is -1.29. The molecular weight excluding hydrogens is 299 g/mol. The Morgan fingerprint density at radius 3 is 2.74 bits per heavy atom. The Balaban J connectivity index is 1.67. The number of nitrogens with zero attached hydrogens (tertiary/aromatic N) is 4. The van der Waals surface area contributed by atoms with E-state index in [1.54, 1.807) is 24.5 Å². The molecule has 0 aromatic carbocycles. The van der Waals surface area contributed by atoms with Crippen molar-refractivity contribution in [1.29, 1.82) is 0 Å². The standard InChI is InChI=1S/C16H15FN4O2/c1-10-5-6-18-14(7-10)22-9-13-4-3-12(8-19-13)16-21-20-15(23-16)11(2)17/h3-8,11H,9H2,1-2H3. The Labute approximate surface area is 132 Å². The topological polar surface area (TPSA) is 73.9 Å². The third kappa shape index (κ3) is 3.68. The van der Waals surface area contributed by atoms with Crippen LogP contribution in [0.3, 0.4) is 0 Å². The lowest BCUT2D eigenvalue weighted by atomic mass is 10.2. The van der Waals surface area contributed by atoms with Crippen molar-refractivity contribution in [3.05, 3.63) is 53.8 Å². The summed E-state index contributed by atoms with van der Waals surface area (Å²) in [6.07, 6.45) is 1.99. The van der Waals surface area contributed by atoms with Gasteiger partial charge in [0.05, 0.1) is 11.3 Å². The number of ether oxygens (including phenoxy) is 1. The van der Waals surface area contributed by atoms with Crippen molar-refractivity contribution in [2.24, 2.45) is 0 Å². The predicted molar refractivity (Wildman–Crippen MR) is 80.4 cm³/mol. The van der Waals surface area contributed by atoms with E-state index in [4.69, 9.17) is 9.15 Å². The molecule has 0 amide bonds. The molecule has 1 atom stereocenters. The van der Waals surface area contributed by atoms with Crippen LogP contribution < -0.4 is 4.74 Å². The molecule has 0 aliphatic heterocycles. The lowest BCUT2D eigenvalue weighted by Gasteiger charge is -2.05. The van der Waals surface area contributed by atoms with E-state index in [1.807, 2.05) is 19.1 Å². The van der Waals surface area contributed by atoms with Crippen molar-refractivity contribution in [3.63, 3.8) is 0 Å². The molecule has 0 N–H and O–H groups in total. The first-order valence-corrected chi connectivity index (χ1v) is 7.10. The highest BCUT2D eigenvalue weighted by atomic mass is 19.1. The van der Waals surface area contributed by atoms with Gasteiger partial charge in [-0.2, -0.15) is 0 Å². The van der Waals surface area contributed by atoms with Gasteiger partial charge < -0.3 is 9.15 Å². The Hall–Kier alpha value is -2.83. The van der Waals surface area contributed by atoms with Gasteiger partial charge in [0.25, 0.3) is 5.89 Å². The molecular formula is C16H15FN4O2. The summed E-state index contributed by atoms with van der Waals surface area (Å²) in [6.45, 7) is 3.61. The maximum Gasteiger partial charge on any atom is 0.250 e. The van der Waals surface area contributed by atoms with Gasteiger partial charge in [0, 0.05) is 18.5 Å². The molecule has 0 spiro atoms. The monoisotopic (exact) mass is 314 g/mol. The Kier molecular flexibility index (Phi) is 4.27. The van der Waals surface area contributed by atoms with Gasteiger partial charge in [0.2, 0.25) is 11.8 Å². The Morgan fingerprint density at radius 2 is 2.09 bits per heavy atom. The molecule has 0 radical (unpaired) electrons. The first kappa shape index (κ1) is 15.1. The summed E-state index contributed by atoms with van der Waals surface area (Å²) in [5.74, 6) is 0.747. The highest BCUT2D eigenvalue weighted by Crippen LogP contribution is 2.21. The van der Waals surface area contributed by atoms with Gasteiger partial charge >= 0.3 is 0 Å². The van der Waals surface area contributed by atoms with Crippen LogP contribution in [0.25, 0.3) is 11.5 Å². The fourth-order valence-electron chi connectivity index (χ4n) is 1.88. The van der Waals surface area contributed by atoms with Gasteiger partial charge in [-0.15, -0.1) is 10.2 Å². The van der Waals surface area contributed by atoms with E-state index < -0.39 is 6.17 Å². The Bertz CT molecular complexity index is 787. The molecule has 3 rings (SSSR count). The van der Waals surface area contributed by atoms with Crippen LogP contribution in [0.15, 0.2) is 41.1 Å². The molecule has 3 heterocycles. The quantitative estimate of drug-likeness (QED) is 0.718. The van der Waals surface area contributed by atoms with Crippen LogP contribution in [0.1, 0.15) is 30.2 Å². The molecule has 0 aliphatic rings. The van der Waals surface area contributed by atoms with Crippen LogP contribution in [-0.4, -0.2) is 20.2 Å². The van der Waals surface area contributed by atoms with Gasteiger partial charge in [0.1, 0.15) is 6.61 Å². The van der Waals surface area contributed by atoms with Gasteiger partial charge in [-0.25, -0.2) is 9.37 Å². The van der Waals surface area contributed by atoms with E-state index in [1.165, 1.54) is 6.92 Å². The van der Waals surface area contributed by atoms with Crippen molar-refractivity contribution in [2.75, 3.05) is 0 Å². The van der Waals surface area contributed by atoms with Gasteiger partial charge in [-0.1, -0.05) is 0 Å². The zero-order valence-corrected chi connectivity index (χ0v) is 12.7. The van der Waals surface area contributed by atoms with Crippen LogP contribution in [0.2, 0.25) is 0 Å². The molecule has 7 heteroatoms. The van der Waals surface area contributed by atoms with Gasteiger partial charge in [0.15, 0.2) is 6.17 Å². The number of pyridine rings is 2.